The molecule has 0 radical (unpaired) electrons. The standard InChI is InChI=1S/C37H45NO3.3C2H6/c1-19-20(2)22(4)30-29(21(19)3)34(40)31(35(30)41)28-15-14-24-12-11-13-25(32(24)38-28)16-23-17-26(36(5,6)7)33(39)27(18-23)37(8,9)10;3*1-2/h11-15,17-18,28,31,34,38-40H,16H2,1-10H3;3*1-2H3. The van der Waals surface area contributed by atoms with E-state index < -0.39 is 12.0 Å². The highest BCUT2D eigenvalue weighted by Crippen LogP contribution is 2.46. The van der Waals surface area contributed by atoms with Crippen molar-refractivity contribution in [3.05, 3.63) is 97.6 Å². The number of ketones is 1. The lowest BCUT2D eigenvalue weighted by Gasteiger charge is -2.31. The van der Waals surface area contributed by atoms with Crippen LogP contribution >= 0.6 is 0 Å². The van der Waals surface area contributed by atoms with Crippen molar-refractivity contribution in [1.29, 1.82) is 0 Å². The Kier molecular flexibility index (Phi) is 13.3. The molecule has 3 N–H and O–H groups in total. The van der Waals surface area contributed by atoms with Crippen LogP contribution in [0.4, 0.5) is 5.69 Å². The summed E-state index contributed by atoms with van der Waals surface area (Å²) in [6, 6.07) is 10.2. The minimum absolute atomic E-state index is 0.0162. The van der Waals surface area contributed by atoms with E-state index in [1.165, 1.54) is 0 Å². The number of phenolic OH excluding ortho intramolecular Hbond substituents is 1. The lowest BCUT2D eigenvalue weighted by molar-refractivity contribution is 0.0743. The average Bonchev–Trinajstić information content (AvgIpc) is 3.31. The first kappa shape index (κ1) is 39.8. The maximum Gasteiger partial charge on any atom is 0.171 e. The zero-order valence-corrected chi connectivity index (χ0v) is 32.3. The zero-order chi connectivity index (χ0) is 36.2. The number of phenols is 1. The number of aliphatic hydroxyl groups is 1. The number of carbonyl (C=O) groups is 1. The molecule has 1 aliphatic carbocycles. The Morgan fingerprint density at radius 3 is 1.79 bits per heavy atom. The van der Waals surface area contributed by atoms with Gasteiger partial charge in [-0.2, -0.15) is 0 Å². The number of aromatic hydroxyl groups is 1. The molecule has 2 aliphatic rings. The highest BCUT2D eigenvalue weighted by atomic mass is 16.3. The highest BCUT2D eigenvalue weighted by molar-refractivity contribution is 6.06. The third-order valence-electron chi connectivity index (χ3n) is 9.47. The second-order valence-electron chi connectivity index (χ2n) is 14.3. The third-order valence-corrected chi connectivity index (χ3v) is 9.47. The summed E-state index contributed by atoms with van der Waals surface area (Å²) in [5.41, 5.74) is 11.6. The predicted molar refractivity (Wildman–Crippen MR) is 203 cm³/mol. The van der Waals surface area contributed by atoms with Crippen LogP contribution in [0.15, 0.2) is 36.4 Å². The van der Waals surface area contributed by atoms with Gasteiger partial charge in [0.2, 0.25) is 0 Å². The van der Waals surface area contributed by atoms with Gasteiger partial charge in [-0.05, 0) is 101 Å². The average molecular weight is 642 g/mol. The van der Waals surface area contributed by atoms with Gasteiger partial charge in [0.25, 0.3) is 0 Å². The normalized spacial score (nSPS) is 18.0. The summed E-state index contributed by atoms with van der Waals surface area (Å²) in [6.45, 7) is 33.0. The molecule has 0 bridgehead atoms. The summed E-state index contributed by atoms with van der Waals surface area (Å²) >= 11 is 0. The van der Waals surface area contributed by atoms with Crippen LogP contribution in [0.3, 0.4) is 0 Å². The van der Waals surface area contributed by atoms with Gasteiger partial charge in [-0.3, -0.25) is 4.79 Å². The molecule has 4 heteroatoms. The molecule has 3 aromatic carbocycles. The van der Waals surface area contributed by atoms with Crippen LogP contribution < -0.4 is 5.32 Å². The SMILES string of the molecule is CC.CC.CC.Cc1c(C)c(C)c2c(c1C)C(=O)C(C1C=Cc3cccc(Cc4cc(C(C)(C)C)c(O)c(C(C)(C)C)c4)c3N1)C2O. The van der Waals surface area contributed by atoms with Crippen molar-refractivity contribution in [3.8, 4) is 5.75 Å². The zero-order valence-electron chi connectivity index (χ0n) is 32.3. The Morgan fingerprint density at radius 1 is 0.766 bits per heavy atom. The Bertz CT molecular complexity index is 1560. The quantitative estimate of drug-likeness (QED) is 0.266. The number of anilines is 1. The maximum absolute atomic E-state index is 13.9. The van der Waals surface area contributed by atoms with Crippen molar-refractivity contribution in [2.24, 2.45) is 5.92 Å². The second-order valence-corrected chi connectivity index (χ2v) is 14.3. The Morgan fingerprint density at radius 2 is 1.28 bits per heavy atom. The number of hydrogen-bond acceptors (Lipinski definition) is 4. The van der Waals surface area contributed by atoms with Gasteiger partial charge in [0, 0.05) is 11.3 Å². The molecule has 5 rings (SSSR count). The summed E-state index contributed by atoms with van der Waals surface area (Å²) in [4.78, 5) is 13.9. The molecular weight excluding hydrogens is 578 g/mol. The first-order chi connectivity index (χ1) is 22.0. The molecular formula is C43H63NO3. The fourth-order valence-corrected chi connectivity index (χ4v) is 6.75. The molecule has 0 amide bonds. The van der Waals surface area contributed by atoms with Crippen molar-refractivity contribution < 1.29 is 15.0 Å². The Hall–Kier alpha value is -3.37. The van der Waals surface area contributed by atoms with Crippen LogP contribution in [0.2, 0.25) is 0 Å². The maximum atomic E-state index is 13.9. The summed E-state index contributed by atoms with van der Waals surface area (Å²) in [5, 5.41) is 26.5. The molecule has 1 aliphatic heterocycles. The molecule has 0 spiro atoms. The number of fused-ring (bicyclic) bond motifs is 2. The molecule has 0 saturated carbocycles. The van der Waals surface area contributed by atoms with E-state index in [0.29, 0.717) is 17.7 Å². The van der Waals surface area contributed by atoms with Crippen molar-refractivity contribution in [2.75, 3.05) is 5.32 Å². The molecule has 0 aromatic heterocycles. The van der Waals surface area contributed by atoms with Crippen LogP contribution in [0, 0.1) is 33.6 Å². The topological polar surface area (TPSA) is 69.6 Å². The van der Waals surface area contributed by atoms with E-state index in [4.69, 9.17) is 0 Å². The minimum atomic E-state index is -0.854. The number of para-hydroxylation sites is 1. The van der Waals surface area contributed by atoms with Crippen LogP contribution in [-0.2, 0) is 17.3 Å². The van der Waals surface area contributed by atoms with E-state index in [1.807, 2.05) is 61.5 Å². The van der Waals surface area contributed by atoms with E-state index >= 15 is 0 Å². The molecule has 0 saturated heterocycles. The Balaban J connectivity index is 0.00000121. The van der Waals surface area contributed by atoms with Crippen molar-refractivity contribution in [2.45, 2.75) is 140 Å². The number of nitrogens with one attached hydrogen (secondary N) is 1. The molecule has 3 aromatic rings. The largest absolute Gasteiger partial charge is 0.507 e. The minimum Gasteiger partial charge on any atom is -0.507 e. The molecule has 258 valence electrons. The van der Waals surface area contributed by atoms with Gasteiger partial charge < -0.3 is 15.5 Å². The van der Waals surface area contributed by atoms with E-state index in [2.05, 4.69) is 97.1 Å². The highest BCUT2D eigenvalue weighted by Gasteiger charge is 2.46. The van der Waals surface area contributed by atoms with Crippen LogP contribution in [0.25, 0.3) is 6.08 Å². The molecule has 1 heterocycles. The smallest absolute Gasteiger partial charge is 0.171 e. The summed E-state index contributed by atoms with van der Waals surface area (Å²) in [6.07, 6.45) is 3.94. The van der Waals surface area contributed by atoms with Gasteiger partial charge in [0.05, 0.1) is 18.1 Å². The van der Waals surface area contributed by atoms with E-state index in [1.54, 1.807) is 0 Å². The molecule has 3 atom stereocenters. The molecule has 47 heavy (non-hydrogen) atoms. The van der Waals surface area contributed by atoms with Crippen LogP contribution in [0.5, 0.6) is 5.75 Å². The van der Waals surface area contributed by atoms with E-state index in [-0.39, 0.29) is 22.7 Å². The fraction of sp³-hybridized carbons (Fsp3) is 0.512. The van der Waals surface area contributed by atoms with Crippen LogP contribution in [-0.4, -0.2) is 22.0 Å². The lowest BCUT2D eigenvalue weighted by Crippen LogP contribution is -2.35. The number of Topliss-reactive ketones (excluding diaryl/α,β-unsaturated/α-hetero) is 1. The van der Waals surface area contributed by atoms with E-state index in [0.717, 1.165) is 61.3 Å². The van der Waals surface area contributed by atoms with E-state index in [9.17, 15) is 15.0 Å². The molecule has 3 unspecified atom stereocenters. The number of benzene rings is 3. The van der Waals surface area contributed by atoms with Gasteiger partial charge >= 0.3 is 0 Å². The molecule has 4 nitrogen and oxygen atoms in total. The van der Waals surface area contributed by atoms with Gasteiger partial charge in [-0.15, -0.1) is 0 Å². The molecule has 0 fully saturated rings. The van der Waals surface area contributed by atoms with Gasteiger partial charge in [-0.25, -0.2) is 0 Å². The van der Waals surface area contributed by atoms with Gasteiger partial charge in [-0.1, -0.05) is 126 Å². The van der Waals surface area contributed by atoms with Crippen LogP contribution in [0.1, 0.15) is 155 Å². The third kappa shape index (κ3) is 7.70. The number of carbonyl (C=O) groups excluding carboxylic acids is 1. The van der Waals surface area contributed by atoms with Gasteiger partial charge in [0.1, 0.15) is 5.75 Å². The second kappa shape index (κ2) is 15.7. The fourth-order valence-electron chi connectivity index (χ4n) is 6.75. The van der Waals surface area contributed by atoms with Crippen molar-refractivity contribution in [3.63, 3.8) is 0 Å². The monoisotopic (exact) mass is 641 g/mol. The number of aliphatic hydroxyl groups excluding tert-OH is 1. The first-order valence-electron chi connectivity index (χ1n) is 17.8. The lowest BCUT2D eigenvalue weighted by atomic mass is 9.77. The van der Waals surface area contributed by atoms with Gasteiger partial charge in [0.15, 0.2) is 5.78 Å². The summed E-state index contributed by atoms with van der Waals surface area (Å²) in [7, 11) is 0. The summed E-state index contributed by atoms with van der Waals surface area (Å²) < 4.78 is 0. The number of hydrogen-bond donors (Lipinski definition) is 3. The first-order valence-corrected chi connectivity index (χ1v) is 17.8. The van der Waals surface area contributed by atoms with Crippen molar-refractivity contribution >= 4 is 17.5 Å². The summed E-state index contributed by atoms with van der Waals surface area (Å²) in [5.74, 6) is -0.188. The van der Waals surface area contributed by atoms with Crippen molar-refractivity contribution in [1.82, 2.24) is 0 Å². The predicted octanol–water partition coefficient (Wildman–Crippen LogP) is 11.2. The number of rotatable bonds is 3. The Labute approximate surface area is 286 Å².